The molecule has 14 nitrogen and oxygen atoms in total. The number of hydrogen-bond acceptors (Lipinski definition) is 12. The van der Waals surface area contributed by atoms with Crippen molar-refractivity contribution in [2.45, 2.75) is 145 Å². The van der Waals surface area contributed by atoms with E-state index in [1.165, 1.54) is 39.9 Å². The summed E-state index contributed by atoms with van der Waals surface area (Å²) in [5.74, 6) is -3.15. The van der Waals surface area contributed by atoms with Crippen LogP contribution in [0.1, 0.15) is 138 Å². The van der Waals surface area contributed by atoms with Crippen molar-refractivity contribution in [1.82, 2.24) is 24.1 Å². The molecule has 2 unspecified atom stereocenters. The van der Waals surface area contributed by atoms with Crippen molar-refractivity contribution in [2.75, 3.05) is 20.0 Å². The molecule has 0 spiro atoms. The van der Waals surface area contributed by atoms with E-state index in [1.807, 2.05) is 15.3 Å². The molecule has 0 radical (unpaired) electrons. The van der Waals surface area contributed by atoms with E-state index in [-0.39, 0.29) is 18.6 Å². The summed E-state index contributed by atoms with van der Waals surface area (Å²) in [6.07, 6.45) is 25.0. The molecule has 54 heavy (non-hydrogen) atoms. The molecule has 3 aromatic rings. The fourth-order valence-corrected chi connectivity index (χ4v) is 8.36. The Hall–Kier alpha value is -4.75. The second-order valence-electron chi connectivity index (χ2n) is 15.1. The van der Waals surface area contributed by atoms with Crippen molar-refractivity contribution in [2.24, 2.45) is 0 Å². The molecule has 7 rings (SSSR count). The van der Waals surface area contributed by atoms with Crippen LogP contribution in [0.25, 0.3) is 0 Å². The quantitative estimate of drug-likeness (QED) is 0.133. The minimum atomic E-state index is -1.70. The molecular weight excluding hydrogens is 692 g/mol. The lowest BCUT2D eigenvalue weighted by molar-refractivity contribution is -0.167. The summed E-state index contributed by atoms with van der Waals surface area (Å²) in [6.45, 7) is 0. The summed E-state index contributed by atoms with van der Waals surface area (Å²) in [6, 6.07) is 4.16. The lowest BCUT2D eigenvalue weighted by Crippen LogP contribution is -2.49. The van der Waals surface area contributed by atoms with Crippen molar-refractivity contribution in [3.05, 3.63) is 60.3 Å². The van der Waals surface area contributed by atoms with Crippen LogP contribution < -0.4 is 5.73 Å². The number of aromatic nitrogens is 5. The van der Waals surface area contributed by atoms with Gasteiger partial charge in [-0.15, -0.1) is 0 Å². The molecule has 4 fully saturated rings. The van der Waals surface area contributed by atoms with E-state index in [0.29, 0.717) is 34.9 Å². The number of esters is 4. The van der Waals surface area contributed by atoms with Gasteiger partial charge in [0.25, 0.3) is 0 Å². The van der Waals surface area contributed by atoms with Crippen LogP contribution in [-0.4, -0.2) is 74.4 Å². The average Bonchev–Trinajstić information content (AvgIpc) is 4.02. The smallest absolute Gasteiger partial charge is 0.330 e. The SMILES string of the molecule is COC(=O)C(C(=O)OC1CCCC1)c1cn(C2CCCC2)cn1.COC(=O)C(Cc1ccc(N)nc1)(C(=O)OC1CCCC1)c1cn(C2CCCC2)cn1. The van der Waals surface area contributed by atoms with Crippen LogP contribution in [-0.2, 0) is 50.0 Å². The molecular formula is C40H54N6O8. The Morgan fingerprint density at radius 1 is 0.704 bits per heavy atom. The van der Waals surface area contributed by atoms with Crippen LogP contribution in [0, 0.1) is 0 Å². The van der Waals surface area contributed by atoms with E-state index < -0.39 is 35.2 Å². The second-order valence-corrected chi connectivity index (χ2v) is 15.1. The maximum absolute atomic E-state index is 13.6. The normalized spacial score (nSPS) is 19.8. The molecule has 4 saturated carbocycles. The predicted octanol–water partition coefficient (Wildman–Crippen LogP) is 5.86. The Bertz CT molecular complexity index is 1720. The first-order valence-electron chi connectivity index (χ1n) is 19.6. The molecule has 2 atom stereocenters. The lowest BCUT2D eigenvalue weighted by Gasteiger charge is -2.29. The first kappa shape index (κ1) is 39.0. The average molecular weight is 747 g/mol. The third-order valence-corrected chi connectivity index (χ3v) is 11.5. The number of carbonyl (C=O) groups excluding carboxylic acids is 4. The summed E-state index contributed by atoms with van der Waals surface area (Å²) in [4.78, 5) is 64.3. The second kappa shape index (κ2) is 18.1. The standard InChI is InChI=1S/C23H30N4O4.C17H24N2O4/c1-30-21(28)23(12-16-10-11-20(24)25-13-16,22(29)31-18-8-4-5-9-18)19-14-27(15-26-19)17-6-2-3-7-17;1-22-16(20)15(17(21)23-13-8-4-5-9-13)14-10-19(11-18-14)12-6-2-3-7-12/h10-11,13-15,17-18H,2-9,12H2,1H3,(H2,24,25);10-13,15H,2-9H2,1H3. The van der Waals surface area contributed by atoms with Crippen molar-refractivity contribution in [3.8, 4) is 0 Å². The number of imidazole rings is 2. The minimum absolute atomic E-state index is 0.0419. The molecule has 0 saturated heterocycles. The van der Waals surface area contributed by atoms with E-state index in [9.17, 15) is 19.2 Å². The topological polar surface area (TPSA) is 180 Å². The molecule has 2 N–H and O–H groups in total. The highest BCUT2D eigenvalue weighted by Gasteiger charge is 2.53. The third kappa shape index (κ3) is 8.95. The molecule has 0 bridgehead atoms. The molecule has 0 amide bonds. The Labute approximate surface area is 316 Å². The zero-order valence-corrected chi connectivity index (χ0v) is 31.5. The molecule has 292 valence electrons. The van der Waals surface area contributed by atoms with E-state index in [1.54, 1.807) is 37.2 Å². The number of nitrogens with two attached hydrogens (primary N) is 1. The molecule has 3 heterocycles. The molecule has 0 aromatic carbocycles. The Morgan fingerprint density at radius 2 is 1.26 bits per heavy atom. The van der Waals surface area contributed by atoms with Gasteiger partial charge in [-0.3, -0.25) is 19.2 Å². The fourth-order valence-electron chi connectivity index (χ4n) is 8.36. The Kier molecular flexibility index (Phi) is 13.0. The van der Waals surface area contributed by atoms with Crippen LogP contribution in [0.4, 0.5) is 5.82 Å². The van der Waals surface area contributed by atoms with Gasteiger partial charge in [0.2, 0.25) is 5.41 Å². The predicted molar refractivity (Wildman–Crippen MR) is 197 cm³/mol. The zero-order valence-electron chi connectivity index (χ0n) is 31.5. The third-order valence-electron chi connectivity index (χ3n) is 11.5. The van der Waals surface area contributed by atoms with Gasteiger partial charge >= 0.3 is 23.9 Å². The van der Waals surface area contributed by atoms with Crippen LogP contribution in [0.5, 0.6) is 0 Å². The Balaban J connectivity index is 0.000000193. The number of pyridine rings is 1. The number of ether oxygens (including phenoxy) is 4. The van der Waals surface area contributed by atoms with Gasteiger partial charge in [-0.05, 0) is 88.7 Å². The van der Waals surface area contributed by atoms with Crippen LogP contribution in [0.3, 0.4) is 0 Å². The minimum Gasteiger partial charge on any atom is -0.468 e. The van der Waals surface area contributed by atoms with Crippen LogP contribution in [0.15, 0.2) is 43.4 Å². The van der Waals surface area contributed by atoms with Crippen molar-refractivity contribution >= 4 is 29.7 Å². The van der Waals surface area contributed by atoms with E-state index >= 15 is 0 Å². The summed E-state index contributed by atoms with van der Waals surface area (Å²) in [7, 11) is 2.57. The number of methoxy groups -OCH3 is 2. The molecule has 3 aromatic heterocycles. The molecule has 4 aliphatic carbocycles. The number of carbonyl (C=O) groups is 4. The van der Waals surface area contributed by atoms with E-state index in [4.69, 9.17) is 24.7 Å². The molecule has 14 heteroatoms. The monoisotopic (exact) mass is 746 g/mol. The van der Waals surface area contributed by atoms with Gasteiger partial charge in [0.15, 0.2) is 5.92 Å². The largest absolute Gasteiger partial charge is 0.468 e. The highest BCUT2D eigenvalue weighted by Crippen LogP contribution is 2.36. The van der Waals surface area contributed by atoms with E-state index in [0.717, 1.165) is 77.0 Å². The van der Waals surface area contributed by atoms with Gasteiger partial charge in [-0.25, -0.2) is 15.0 Å². The van der Waals surface area contributed by atoms with Crippen LogP contribution in [0.2, 0.25) is 0 Å². The molecule has 4 aliphatic rings. The lowest BCUT2D eigenvalue weighted by atomic mass is 9.79. The van der Waals surface area contributed by atoms with Gasteiger partial charge < -0.3 is 33.8 Å². The summed E-state index contributed by atoms with van der Waals surface area (Å²) < 4.78 is 25.3. The highest BCUT2D eigenvalue weighted by atomic mass is 16.6. The summed E-state index contributed by atoms with van der Waals surface area (Å²) in [5, 5.41) is 0. The van der Waals surface area contributed by atoms with E-state index in [2.05, 4.69) is 15.0 Å². The number of hydrogen-bond donors (Lipinski definition) is 1. The first-order valence-corrected chi connectivity index (χ1v) is 19.6. The summed E-state index contributed by atoms with van der Waals surface area (Å²) in [5.41, 5.74) is 5.48. The molecule has 0 aliphatic heterocycles. The number of nitrogen functional groups attached to an aromatic ring is 1. The fraction of sp³-hybridized carbons (Fsp3) is 0.625. The maximum Gasteiger partial charge on any atom is 0.330 e. The Morgan fingerprint density at radius 3 is 1.81 bits per heavy atom. The number of rotatable bonds is 12. The van der Waals surface area contributed by atoms with Crippen molar-refractivity contribution in [3.63, 3.8) is 0 Å². The van der Waals surface area contributed by atoms with Gasteiger partial charge in [0, 0.05) is 37.1 Å². The van der Waals surface area contributed by atoms with Crippen LogP contribution >= 0.6 is 0 Å². The first-order chi connectivity index (χ1) is 26.2. The maximum atomic E-state index is 13.6. The van der Waals surface area contributed by atoms with Gasteiger partial charge in [-0.2, -0.15) is 0 Å². The highest BCUT2D eigenvalue weighted by molar-refractivity contribution is 6.06. The van der Waals surface area contributed by atoms with Gasteiger partial charge in [0.05, 0.1) is 38.3 Å². The number of nitrogens with zero attached hydrogens (tertiary/aromatic N) is 5. The number of anilines is 1. The van der Waals surface area contributed by atoms with Gasteiger partial charge in [0.1, 0.15) is 18.0 Å². The van der Waals surface area contributed by atoms with Crippen molar-refractivity contribution in [1.29, 1.82) is 0 Å². The zero-order chi connectivity index (χ0) is 38.1. The summed E-state index contributed by atoms with van der Waals surface area (Å²) >= 11 is 0. The van der Waals surface area contributed by atoms with Gasteiger partial charge in [-0.1, -0.05) is 31.7 Å². The van der Waals surface area contributed by atoms with Crippen molar-refractivity contribution < 1.29 is 38.1 Å².